The smallest absolute Gasteiger partial charge is 0.307 e. The number of aliphatic carboxylic acids is 1. The summed E-state index contributed by atoms with van der Waals surface area (Å²) in [6.45, 7) is 1.90. The fourth-order valence-electron chi connectivity index (χ4n) is 1.15. The van der Waals surface area contributed by atoms with E-state index in [2.05, 4.69) is 22.6 Å². The monoisotopic (exact) mass is 301 g/mol. The Kier molecular flexibility index (Phi) is 3.47. The molecular weight excluding hydrogens is 293 g/mol. The number of hydrogen-bond donors (Lipinski definition) is 1. The highest BCUT2D eigenvalue weighted by molar-refractivity contribution is 14.1. The second-order valence-corrected chi connectivity index (χ2v) is 3.99. The van der Waals surface area contributed by atoms with Gasteiger partial charge in [-0.1, -0.05) is 12.1 Å². The minimum absolute atomic E-state index is 0.0980. The number of halogens is 1. The van der Waals surface area contributed by atoms with Crippen molar-refractivity contribution in [3.8, 4) is 6.07 Å². The van der Waals surface area contributed by atoms with Crippen molar-refractivity contribution in [2.24, 2.45) is 0 Å². The van der Waals surface area contributed by atoms with Crippen molar-refractivity contribution in [3.05, 3.63) is 32.4 Å². The van der Waals surface area contributed by atoms with Crippen LogP contribution < -0.4 is 0 Å². The molecular formula is C10H8INO2. The van der Waals surface area contributed by atoms with Crippen LogP contribution in [0.5, 0.6) is 0 Å². The van der Waals surface area contributed by atoms with Gasteiger partial charge in [0.2, 0.25) is 0 Å². The largest absolute Gasteiger partial charge is 0.481 e. The van der Waals surface area contributed by atoms with Crippen LogP contribution in [-0.2, 0) is 11.2 Å². The third kappa shape index (κ3) is 2.23. The third-order valence-electron chi connectivity index (χ3n) is 1.87. The second-order valence-electron chi connectivity index (χ2n) is 2.91. The van der Waals surface area contributed by atoms with E-state index >= 15 is 0 Å². The van der Waals surface area contributed by atoms with Crippen LogP contribution in [-0.4, -0.2) is 11.1 Å². The fraction of sp³-hybridized carbons (Fsp3) is 0.200. The summed E-state index contributed by atoms with van der Waals surface area (Å²) in [5, 5.41) is 17.5. The van der Waals surface area contributed by atoms with Gasteiger partial charge in [0.25, 0.3) is 0 Å². The fourth-order valence-corrected chi connectivity index (χ4v) is 1.80. The first-order chi connectivity index (χ1) is 6.56. The lowest BCUT2D eigenvalue weighted by Gasteiger charge is -2.05. The van der Waals surface area contributed by atoms with Crippen LogP contribution in [0.1, 0.15) is 16.7 Å². The van der Waals surface area contributed by atoms with Crippen molar-refractivity contribution < 1.29 is 9.90 Å². The summed E-state index contributed by atoms with van der Waals surface area (Å²) in [5.74, 6) is -0.916. The van der Waals surface area contributed by atoms with Crippen molar-refractivity contribution in [3.63, 3.8) is 0 Å². The molecule has 0 aliphatic carbocycles. The van der Waals surface area contributed by atoms with Gasteiger partial charge in [0, 0.05) is 3.57 Å². The third-order valence-corrected chi connectivity index (χ3v) is 3.26. The van der Waals surface area contributed by atoms with Crippen LogP contribution in [0, 0.1) is 21.8 Å². The number of nitrogens with zero attached hydrogens (tertiary/aromatic N) is 1. The molecule has 14 heavy (non-hydrogen) atoms. The van der Waals surface area contributed by atoms with Gasteiger partial charge in [-0.2, -0.15) is 5.26 Å². The number of carbonyl (C=O) groups is 1. The number of aryl methyl sites for hydroxylation is 1. The molecule has 1 aromatic rings. The van der Waals surface area contributed by atoms with E-state index < -0.39 is 5.97 Å². The zero-order valence-corrected chi connectivity index (χ0v) is 9.70. The Morgan fingerprint density at radius 2 is 2.29 bits per heavy atom. The molecule has 3 nitrogen and oxygen atoms in total. The molecule has 1 rings (SSSR count). The lowest BCUT2D eigenvalue weighted by atomic mass is 10.0. The standard InChI is InChI=1S/C10H8INO2/c1-6-2-3-7(4-9(13)14)8(5-12)10(6)11/h2-3H,4H2,1H3,(H,13,14). The number of hydrogen-bond acceptors (Lipinski definition) is 2. The summed E-state index contributed by atoms with van der Waals surface area (Å²) >= 11 is 2.06. The Morgan fingerprint density at radius 3 is 2.79 bits per heavy atom. The van der Waals surface area contributed by atoms with E-state index in [-0.39, 0.29) is 6.42 Å². The molecule has 0 heterocycles. The number of carboxylic acid groups (broad SMARTS) is 1. The highest BCUT2D eigenvalue weighted by Crippen LogP contribution is 2.20. The molecule has 0 aliphatic heterocycles. The number of nitriles is 1. The molecule has 0 saturated heterocycles. The maximum atomic E-state index is 10.5. The van der Waals surface area contributed by atoms with Gasteiger partial charge in [0.05, 0.1) is 12.0 Å². The quantitative estimate of drug-likeness (QED) is 0.851. The van der Waals surface area contributed by atoms with E-state index in [1.165, 1.54) is 0 Å². The first-order valence-electron chi connectivity index (χ1n) is 3.96. The SMILES string of the molecule is Cc1ccc(CC(=O)O)c(C#N)c1I. The van der Waals surface area contributed by atoms with Crippen LogP contribution in [0.2, 0.25) is 0 Å². The summed E-state index contributed by atoms with van der Waals surface area (Å²) < 4.78 is 0.837. The minimum atomic E-state index is -0.916. The molecule has 0 bridgehead atoms. The lowest BCUT2D eigenvalue weighted by molar-refractivity contribution is -0.136. The Morgan fingerprint density at radius 1 is 1.64 bits per heavy atom. The molecule has 0 radical (unpaired) electrons. The van der Waals surface area contributed by atoms with Gasteiger partial charge in [-0.05, 0) is 40.6 Å². The van der Waals surface area contributed by atoms with E-state index in [1.807, 2.05) is 19.1 Å². The van der Waals surface area contributed by atoms with E-state index in [9.17, 15) is 4.79 Å². The predicted octanol–water partition coefficient (Wildman–Crippen LogP) is 2.10. The predicted molar refractivity (Wildman–Crippen MR) is 60.0 cm³/mol. The number of benzene rings is 1. The molecule has 0 saturated carbocycles. The molecule has 0 fully saturated rings. The summed E-state index contributed by atoms with van der Waals surface area (Å²) in [6, 6.07) is 5.57. The van der Waals surface area contributed by atoms with Crippen LogP contribution in [0.15, 0.2) is 12.1 Å². The van der Waals surface area contributed by atoms with Crippen molar-refractivity contribution in [2.75, 3.05) is 0 Å². The van der Waals surface area contributed by atoms with Gasteiger partial charge in [-0.25, -0.2) is 0 Å². The van der Waals surface area contributed by atoms with Crippen LogP contribution in [0.3, 0.4) is 0 Å². The second kappa shape index (κ2) is 4.42. The molecule has 1 N–H and O–H groups in total. The summed E-state index contributed by atoms with van der Waals surface area (Å²) in [5.41, 5.74) is 2.05. The molecule has 0 spiro atoms. The van der Waals surface area contributed by atoms with Gasteiger partial charge in [0.15, 0.2) is 0 Å². The minimum Gasteiger partial charge on any atom is -0.481 e. The van der Waals surface area contributed by atoms with Crippen LogP contribution in [0.4, 0.5) is 0 Å². The van der Waals surface area contributed by atoms with Crippen molar-refractivity contribution >= 4 is 28.6 Å². The summed E-state index contributed by atoms with van der Waals surface area (Å²) in [4.78, 5) is 10.5. The number of carboxylic acids is 1. The van der Waals surface area contributed by atoms with E-state index in [4.69, 9.17) is 10.4 Å². The Bertz CT molecular complexity index is 421. The van der Waals surface area contributed by atoms with Crippen molar-refractivity contribution in [2.45, 2.75) is 13.3 Å². The van der Waals surface area contributed by atoms with Crippen molar-refractivity contribution in [1.29, 1.82) is 5.26 Å². The topological polar surface area (TPSA) is 61.1 Å². The number of rotatable bonds is 2. The lowest BCUT2D eigenvalue weighted by Crippen LogP contribution is -2.04. The molecule has 1 aromatic carbocycles. The first-order valence-corrected chi connectivity index (χ1v) is 5.04. The highest BCUT2D eigenvalue weighted by atomic mass is 127. The van der Waals surface area contributed by atoms with E-state index in [1.54, 1.807) is 6.07 Å². The Labute approximate surface area is 95.5 Å². The highest BCUT2D eigenvalue weighted by Gasteiger charge is 2.11. The first kappa shape index (κ1) is 11.0. The summed E-state index contributed by atoms with van der Waals surface area (Å²) in [6.07, 6.45) is -0.0980. The van der Waals surface area contributed by atoms with Gasteiger partial charge in [-0.3, -0.25) is 4.79 Å². The average Bonchev–Trinajstić information content (AvgIpc) is 2.11. The zero-order valence-electron chi connectivity index (χ0n) is 7.54. The van der Waals surface area contributed by atoms with Crippen LogP contribution in [0.25, 0.3) is 0 Å². The molecule has 0 amide bonds. The molecule has 0 aliphatic rings. The van der Waals surface area contributed by atoms with Gasteiger partial charge in [-0.15, -0.1) is 0 Å². The molecule has 0 unspecified atom stereocenters. The maximum absolute atomic E-state index is 10.5. The van der Waals surface area contributed by atoms with Crippen LogP contribution >= 0.6 is 22.6 Å². The van der Waals surface area contributed by atoms with Crippen molar-refractivity contribution in [1.82, 2.24) is 0 Å². The summed E-state index contributed by atoms with van der Waals surface area (Å²) in [7, 11) is 0. The average molecular weight is 301 g/mol. The van der Waals surface area contributed by atoms with E-state index in [0.717, 1.165) is 9.13 Å². The molecule has 72 valence electrons. The van der Waals surface area contributed by atoms with Gasteiger partial charge >= 0.3 is 5.97 Å². The van der Waals surface area contributed by atoms with Gasteiger partial charge in [0.1, 0.15) is 6.07 Å². The molecule has 0 atom stereocenters. The molecule has 0 aromatic heterocycles. The van der Waals surface area contributed by atoms with E-state index in [0.29, 0.717) is 11.1 Å². The maximum Gasteiger partial charge on any atom is 0.307 e. The van der Waals surface area contributed by atoms with Gasteiger partial charge < -0.3 is 5.11 Å². The molecule has 4 heteroatoms. The Balaban J connectivity index is 3.26. The normalized spacial score (nSPS) is 9.50. The Hall–Kier alpha value is -1.09. The zero-order chi connectivity index (χ0) is 10.7.